The maximum Gasteiger partial charge on any atom is 0.162 e. The van der Waals surface area contributed by atoms with Gasteiger partial charge < -0.3 is 4.90 Å². The molecule has 3 heteroatoms. The first-order valence-corrected chi connectivity index (χ1v) is 3.39. The number of carbonyl (C=O) groups excluding carboxylic acids is 1. The number of allylic oxidation sites excluding steroid dienone is 1. The zero-order chi connectivity index (χ0) is 8.85. The summed E-state index contributed by atoms with van der Waals surface area (Å²) in [4.78, 5) is 16.5. The average Bonchev–Trinajstić information content (AvgIpc) is 1.86. The van der Waals surface area contributed by atoms with Crippen LogP contribution in [0.5, 0.6) is 0 Å². The third kappa shape index (κ3) is 4.31. The lowest BCUT2D eigenvalue weighted by atomic mass is 10.2. The van der Waals surface area contributed by atoms with Crippen LogP contribution in [-0.2, 0) is 4.79 Å². The van der Waals surface area contributed by atoms with Crippen LogP contribution < -0.4 is 0 Å². The van der Waals surface area contributed by atoms with E-state index in [0.29, 0.717) is 5.57 Å². The predicted octanol–water partition coefficient (Wildman–Crippen LogP) is 0.722. The monoisotopic (exact) mass is 154 g/mol. The molecule has 0 amide bonds. The van der Waals surface area contributed by atoms with Gasteiger partial charge in [-0.1, -0.05) is 0 Å². The second-order valence-electron chi connectivity index (χ2n) is 2.49. The molecule has 0 unspecified atom stereocenters. The Morgan fingerprint density at radius 3 is 2.27 bits per heavy atom. The van der Waals surface area contributed by atoms with Crippen LogP contribution in [0.1, 0.15) is 6.92 Å². The molecule has 0 fully saturated rings. The molecule has 3 nitrogen and oxygen atoms in total. The summed E-state index contributed by atoms with van der Waals surface area (Å²) in [6.07, 6.45) is 3.30. The Kier molecular flexibility index (Phi) is 4.18. The maximum absolute atomic E-state index is 10.9. The molecule has 0 aliphatic rings. The normalized spacial score (nSPS) is 12.2. The van der Waals surface area contributed by atoms with Crippen molar-refractivity contribution in [1.29, 1.82) is 0 Å². The Balaban J connectivity index is 4.46. The molecule has 0 aromatic heterocycles. The number of hydrogen-bond donors (Lipinski definition) is 0. The minimum atomic E-state index is 0.0318. The molecule has 0 atom stereocenters. The van der Waals surface area contributed by atoms with Crippen LogP contribution in [0, 0.1) is 0 Å². The fraction of sp³-hybridized carbons (Fsp3) is 0.500. The van der Waals surface area contributed by atoms with E-state index in [0.717, 1.165) is 0 Å². The Morgan fingerprint density at radius 1 is 1.45 bits per heavy atom. The molecule has 11 heavy (non-hydrogen) atoms. The van der Waals surface area contributed by atoms with Gasteiger partial charge in [0.15, 0.2) is 5.78 Å². The summed E-state index contributed by atoms with van der Waals surface area (Å²) >= 11 is 0. The molecule has 0 aromatic carbocycles. The minimum Gasteiger partial charge on any atom is -0.383 e. The van der Waals surface area contributed by atoms with Gasteiger partial charge >= 0.3 is 0 Å². The van der Waals surface area contributed by atoms with E-state index in [1.807, 2.05) is 19.0 Å². The van der Waals surface area contributed by atoms with Crippen molar-refractivity contribution in [2.24, 2.45) is 4.99 Å². The molecule has 0 aliphatic heterocycles. The number of carbonyl (C=O) groups is 1. The molecule has 0 rings (SSSR count). The number of aliphatic imine (C=N–C) groups is 1. The van der Waals surface area contributed by atoms with Gasteiger partial charge in [0.25, 0.3) is 0 Å². The van der Waals surface area contributed by atoms with Gasteiger partial charge in [-0.15, -0.1) is 0 Å². The van der Waals surface area contributed by atoms with Crippen molar-refractivity contribution in [2.45, 2.75) is 6.92 Å². The topological polar surface area (TPSA) is 32.7 Å². The summed E-state index contributed by atoms with van der Waals surface area (Å²) in [5, 5.41) is 0. The Labute approximate surface area is 67.4 Å². The zero-order valence-electron chi connectivity index (χ0n) is 7.46. The van der Waals surface area contributed by atoms with Crippen LogP contribution in [0.25, 0.3) is 0 Å². The summed E-state index contributed by atoms with van der Waals surface area (Å²) in [6.45, 7) is 1.52. The third-order valence-corrected chi connectivity index (χ3v) is 1.07. The van der Waals surface area contributed by atoms with E-state index in [1.54, 1.807) is 19.5 Å². The summed E-state index contributed by atoms with van der Waals surface area (Å²) in [6, 6.07) is 0. The first kappa shape index (κ1) is 9.88. The Hall–Kier alpha value is -1.12. The third-order valence-electron chi connectivity index (χ3n) is 1.07. The van der Waals surface area contributed by atoms with Crippen LogP contribution in [0.4, 0.5) is 0 Å². The van der Waals surface area contributed by atoms with Crippen molar-refractivity contribution in [3.05, 3.63) is 11.8 Å². The molecule has 0 radical (unpaired) electrons. The number of rotatable bonds is 3. The van der Waals surface area contributed by atoms with Gasteiger partial charge in [0.2, 0.25) is 0 Å². The summed E-state index contributed by atoms with van der Waals surface area (Å²) in [7, 11) is 5.38. The summed E-state index contributed by atoms with van der Waals surface area (Å²) < 4.78 is 0. The molecule has 0 saturated heterocycles. The smallest absolute Gasteiger partial charge is 0.162 e. The van der Waals surface area contributed by atoms with Crippen molar-refractivity contribution in [1.82, 2.24) is 4.90 Å². The zero-order valence-corrected chi connectivity index (χ0v) is 7.46. The van der Waals surface area contributed by atoms with Gasteiger partial charge in [0, 0.05) is 33.6 Å². The highest BCUT2D eigenvalue weighted by Gasteiger charge is 1.98. The standard InChI is InChI=1S/C8H14N2O/c1-7(11)8(5-9-2)6-10(3)4/h5-6H,1-4H3/b8-6+,9-5+. The van der Waals surface area contributed by atoms with Crippen molar-refractivity contribution in [3.8, 4) is 0 Å². The number of ketones is 1. The van der Waals surface area contributed by atoms with E-state index in [1.165, 1.54) is 6.92 Å². The fourth-order valence-electron chi connectivity index (χ4n) is 0.632. The summed E-state index contributed by atoms with van der Waals surface area (Å²) in [5.74, 6) is 0.0318. The maximum atomic E-state index is 10.9. The first-order chi connectivity index (χ1) is 5.07. The van der Waals surface area contributed by atoms with Crippen molar-refractivity contribution in [3.63, 3.8) is 0 Å². The highest BCUT2D eigenvalue weighted by atomic mass is 16.1. The average molecular weight is 154 g/mol. The lowest BCUT2D eigenvalue weighted by Gasteiger charge is -2.05. The van der Waals surface area contributed by atoms with Gasteiger partial charge in [-0.25, -0.2) is 0 Å². The quantitative estimate of drug-likeness (QED) is 0.443. The van der Waals surface area contributed by atoms with Crippen molar-refractivity contribution < 1.29 is 4.79 Å². The van der Waals surface area contributed by atoms with E-state index in [9.17, 15) is 4.79 Å². The molecular weight excluding hydrogens is 140 g/mol. The SMILES string of the molecule is C/N=C/C(=C\N(C)C)C(C)=O. The van der Waals surface area contributed by atoms with Crippen LogP contribution in [0.15, 0.2) is 16.8 Å². The van der Waals surface area contributed by atoms with Gasteiger partial charge in [-0.05, 0) is 6.92 Å². The van der Waals surface area contributed by atoms with Crippen LogP contribution in [0.2, 0.25) is 0 Å². The second kappa shape index (κ2) is 4.66. The molecule has 0 saturated carbocycles. The molecule has 62 valence electrons. The van der Waals surface area contributed by atoms with Crippen LogP contribution >= 0.6 is 0 Å². The number of nitrogens with zero attached hydrogens (tertiary/aromatic N) is 2. The molecule has 0 spiro atoms. The highest BCUT2D eigenvalue weighted by Crippen LogP contribution is 1.93. The molecular formula is C8H14N2O. The van der Waals surface area contributed by atoms with E-state index < -0.39 is 0 Å². The van der Waals surface area contributed by atoms with E-state index >= 15 is 0 Å². The first-order valence-electron chi connectivity index (χ1n) is 3.39. The summed E-state index contributed by atoms with van der Waals surface area (Å²) in [5.41, 5.74) is 0.623. The predicted molar refractivity (Wildman–Crippen MR) is 46.9 cm³/mol. The number of Topliss-reactive ketones (excluding diaryl/α,β-unsaturated/α-hetero) is 1. The van der Waals surface area contributed by atoms with Gasteiger partial charge in [0.05, 0.1) is 5.57 Å². The minimum absolute atomic E-state index is 0.0318. The van der Waals surface area contributed by atoms with Gasteiger partial charge in [0.1, 0.15) is 0 Å². The molecule has 0 aromatic rings. The molecule has 0 heterocycles. The molecule has 0 bridgehead atoms. The lowest BCUT2D eigenvalue weighted by molar-refractivity contribution is -0.113. The van der Waals surface area contributed by atoms with Crippen LogP contribution in [-0.4, -0.2) is 38.0 Å². The largest absolute Gasteiger partial charge is 0.383 e. The Bertz CT molecular complexity index is 192. The van der Waals surface area contributed by atoms with Gasteiger partial charge in [-0.3, -0.25) is 9.79 Å². The van der Waals surface area contributed by atoms with E-state index in [2.05, 4.69) is 4.99 Å². The van der Waals surface area contributed by atoms with Crippen LogP contribution in [0.3, 0.4) is 0 Å². The van der Waals surface area contributed by atoms with Crippen molar-refractivity contribution in [2.75, 3.05) is 21.1 Å². The van der Waals surface area contributed by atoms with Gasteiger partial charge in [-0.2, -0.15) is 0 Å². The Morgan fingerprint density at radius 2 is 2.00 bits per heavy atom. The lowest BCUT2D eigenvalue weighted by Crippen LogP contribution is -2.07. The molecule has 0 N–H and O–H groups in total. The molecule has 0 aliphatic carbocycles. The second-order valence-corrected chi connectivity index (χ2v) is 2.49. The fourth-order valence-corrected chi connectivity index (χ4v) is 0.632. The number of hydrogen-bond acceptors (Lipinski definition) is 3. The highest BCUT2D eigenvalue weighted by molar-refractivity contribution is 6.11. The van der Waals surface area contributed by atoms with E-state index in [-0.39, 0.29) is 5.78 Å². The van der Waals surface area contributed by atoms with E-state index in [4.69, 9.17) is 0 Å². The van der Waals surface area contributed by atoms with Crippen molar-refractivity contribution >= 4 is 12.0 Å².